The van der Waals surface area contributed by atoms with Gasteiger partial charge in [-0.1, -0.05) is 0 Å². The summed E-state index contributed by atoms with van der Waals surface area (Å²) in [6.07, 6.45) is 3.30. The number of halogens is 1. The molecule has 0 amide bonds. The summed E-state index contributed by atoms with van der Waals surface area (Å²) < 4.78 is 6.11. The average Bonchev–Trinajstić information content (AvgIpc) is 2.56. The standard InChI is InChI=1S/C9H7BrN2O/c10-7-4-9(11)12-5-6(7)8-2-1-3-13-8/h1-5H,(H2,11,12). The van der Waals surface area contributed by atoms with Gasteiger partial charge >= 0.3 is 0 Å². The summed E-state index contributed by atoms with van der Waals surface area (Å²) in [4.78, 5) is 3.98. The van der Waals surface area contributed by atoms with Crippen LogP contribution in [0.2, 0.25) is 0 Å². The van der Waals surface area contributed by atoms with Crippen LogP contribution in [0.1, 0.15) is 0 Å². The molecular formula is C9H7BrN2O. The Morgan fingerprint density at radius 3 is 2.92 bits per heavy atom. The minimum Gasteiger partial charge on any atom is -0.464 e. The summed E-state index contributed by atoms with van der Waals surface area (Å²) in [5.41, 5.74) is 6.41. The van der Waals surface area contributed by atoms with E-state index in [9.17, 15) is 0 Å². The lowest BCUT2D eigenvalue weighted by Gasteiger charge is -2.00. The number of rotatable bonds is 1. The zero-order chi connectivity index (χ0) is 9.26. The van der Waals surface area contributed by atoms with Crippen molar-refractivity contribution in [1.29, 1.82) is 0 Å². The van der Waals surface area contributed by atoms with Crippen LogP contribution in [0, 0.1) is 0 Å². The fourth-order valence-corrected chi connectivity index (χ4v) is 1.59. The maximum atomic E-state index is 5.51. The minimum absolute atomic E-state index is 0.488. The Labute approximate surface area is 83.7 Å². The first kappa shape index (κ1) is 8.31. The maximum absolute atomic E-state index is 5.51. The average molecular weight is 239 g/mol. The van der Waals surface area contributed by atoms with Crippen molar-refractivity contribution in [3.63, 3.8) is 0 Å². The number of furan rings is 1. The summed E-state index contributed by atoms with van der Waals surface area (Å²) in [5, 5.41) is 0. The highest BCUT2D eigenvalue weighted by atomic mass is 79.9. The molecule has 2 heterocycles. The Morgan fingerprint density at radius 1 is 1.46 bits per heavy atom. The second kappa shape index (κ2) is 3.22. The van der Waals surface area contributed by atoms with Crippen LogP contribution in [0.5, 0.6) is 0 Å². The maximum Gasteiger partial charge on any atom is 0.136 e. The van der Waals surface area contributed by atoms with Crippen LogP contribution in [0.15, 0.2) is 39.5 Å². The molecule has 2 N–H and O–H groups in total. The van der Waals surface area contributed by atoms with Crippen molar-refractivity contribution in [1.82, 2.24) is 4.98 Å². The first-order chi connectivity index (χ1) is 6.27. The van der Waals surface area contributed by atoms with Crippen molar-refractivity contribution in [3.8, 4) is 11.3 Å². The lowest BCUT2D eigenvalue weighted by Crippen LogP contribution is -1.89. The van der Waals surface area contributed by atoms with Crippen LogP contribution < -0.4 is 5.73 Å². The zero-order valence-electron chi connectivity index (χ0n) is 6.70. The van der Waals surface area contributed by atoms with Gasteiger partial charge in [0.1, 0.15) is 11.6 Å². The molecule has 13 heavy (non-hydrogen) atoms. The van der Waals surface area contributed by atoms with Gasteiger partial charge in [-0.2, -0.15) is 0 Å². The molecule has 0 atom stereocenters. The summed E-state index contributed by atoms with van der Waals surface area (Å²) in [6, 6.07) is 5.45. The second-order valence-electron chi connectivity index (χ2n) is 2.57. The highest BCUT2D eigenvalue weighted by molar-refractivity contribution is 9.10. The molecule has 0 aliphatic rings. The van der Waals surface area contributed by atoms with E-state index in [0.717, 1.165) is 15.8 Å². The van der Waals surface area contributed by atoms with Gasteiger partial charge in [-0.05, 0) is 34.1 Å². The molecule has 2 aromatic heterocycles. The van der Waals surface area contributed by atoms with Gasteiger partial charge < -0.3 is 10.2 Å². The summed E-state index contributed by atoms with van der Waals surface area (Å²) in [6.45, 7) is 0. The molecule has 0 bridgehead atoms. The lowest BCUT2D eigenvalue weighted by molar-refractivity contribution is 0.582. The van der Waals surface area contributed by atoms with Crippen molar-refractivity contribution in [2.24, 2.45) is 0 Å². The molecule has 0 saturated carbocycles. The van der Waals surface area contributed by atoms with E-state index in [1.54, 1.807) is 18.5 Å². The van der Waals surface area contributed by atoms with Gasteiger partial charge in [0.05, 0.1) is 6.26 Å². The van der Waals surface area contributed by atoms with Gasteiger partial charge in [-0.3, -0.25) is 0 Å². The van der Waals surface area contributed by atoms with Crippen molar-refractivity contribution in [2.75, 3.05) is 5.73 Å². The number of nitrogen functional groups attached to an aromatic ring is 1. The molecule has 0 radical (unpaired) electrons. The lowest BCUT2D eigenvalue weighted by atomic mass is 10.2. The number of hydrogen-bond donors (Lipinski definition) is 1. The molecule has 0 spiro atoms. The molecular weight excluding hydrogens is 232 g/mol. The largest absolute Gasteiger partial charge is 0.464 e. The quantitative estimate of drug-likeness (QED) is 0.832. The van der Waals surface area contributed by atoms with E-state index in [0.29, 0.717) is 5.82 Å². The SMILES string of the molecule is Nc1cc(Br)c(-c2ccco2)cn1. The molecule has 3 nitrogen and oxygen atoms in total. The normalized spacial score (nSPS) is 10.2. The number of pyridine rings is 1. The van der Waals surface area contributed by atoms with Gasteiger partial charge in [0.25, 0.3) is 0 Å². The van der Waals surface area contributed by atoms with Crippen molar-refractivity contribution >= 4 is 21.7 Å². The number of nitrogens with two attached hydrogens (primary N) is 1. The van der Waals surface area contributed by atoms with E-state index in [-0.39, 0.29) is 0 Å². The van der Waals surface area contributed by atoms with Crippen LogP contribution in [0.25, 0.3) is 11.3 Å². The monoisotopic (exact) mass is 238 g/mol. The van der Waals surface area contributed by atoms with Crippen molar-refractivity contribution in [2.45, 2.75) is 0 Å². The Bertz CT molecular complexity index is 412. The molecule has 0 aliphatic carbocycles. The predicted molar refractivity (Wildman–Crippen MR) is 54.1 cm³/mol. The second-order valence-corrected chi connectivity index (χ2v) is 3.42. The Kier molecular flexibility index (Phi) is 2.06. The van der Waals surface area contributed by atoms with Gasteiger partial charge in [0.15, 0.2) is 0 Å². The molecule has 0 fully saturated rings. The predicted octanol–water partition coefficient (Wildman–Crippen LogP) is 2.69. The number of anilines is 1. The van der Waals surface area contributed by atoms with Gasteiger partial charge in [0.2, 0.25) is 0 Å². The Morgan fingerprint density at radius 2 is 2.31 bits per heavy atom. The zero-order valence-corrected chi connectivity index (χ0v) is 8.28. The van der Waals surface area contributed by atoms with Crippen LogP contribution >= 0.6 is 15.9 Å². The molecule has 0 saturated heterocycles. The fourth-order valence-electron chi connectivity index (χ4n) is 1.06. The molecule has 2 aromatic rings. The van der Waals surface area contributed by atoms with E-state index in [1.807, 2.05) is 12.1 Å². The molecule has 66 valence electrons. The summed E-state index contributed by atoms with van der Waals surface area (Å²) >= 11 is 3.39. The van der Waals surface area contributed by atoms with Crippen LogP contribution in [0.4, 0.5) is 5.82 Å². The highest BCUT2D eigenvalue weighted by Crippen LogP contribution is 2.28. The molecule has 2 rings (SSSR count). The molecule has 0 unspecified atom stereocenters. The van der Waals surface area contributed by atoms with Crippen LogP contribution in [0.3, 0.4) is 0 Å². The van der Waals surface area contributed by atoms with Gasteiger partial charge in [0, 0.05) is 16.2 Å². The van der Waals surface area contributed by atoms with E-state index < -0.39 is 0 Å². The minimum atomic E-state index is 0.488. The Hall–Kier alpha value is -1.29. The van der Waals surface area contributed by atoms with Crippen molar-refractivity contribution in [3.05, 3.63) is 35.1 Å². The van der Waals surface area contributed by atoms with Crippen LogP contribution in [-0.4, -0.2) is 4.98 Å². The first-order valence-electron chi connectivity index (χ1n) is 3.72. The van der Waals surface area contributed by atoms with Crippen LogP contribution in [-0.2, 0) is 0 Å². The Balaban J connectivity index is 2.53. The summed E-state index contributed by atoms with van der Waals surface area (Å²) in [5.74, 6) is 1.27. The summed E-state index contributed by atoms with van der Waals surface area (Å²) in [7, 11) is 0. The number of aromatic nitrogens is 1. The third-order valence-corrected chi connectivity index (χ3v) is 2.32. The number of hydrogen-bond acceptors (Lipinski definition) is 3. The van der Waals surface area contributed by atoms with E-state index >= 15 is 0 Å². The third kappa shape index (κ3) is 1.58. The van der Waals surface area contributed by atoms with Gasteiger partial charge in [-0.25, -0.2) is 4.98 Å². The van der Waals surface area contributed by atoms with Crippen molar-refractivity contribution < 1.29 is 4.42 Å². The van der Waals surface area contributed by atoms with E-state index in [1.165, 1.54) is 0 Å². The fraction of sp³-hybridized carbons (Fsp3) is 0. The third-order valence-electron chi connectivity index (χ3n) is 1.66. The highest BCUT2D eigenvalue weighted by Gasteiger charge is 2.05. The van der Waals surface area contributed by atoms with E-state index in [2.05, 4.69) is 20.9 Å². The molecule has 0 aliphatic heterocycles. The molecule has 0 aromatic carbocycles. The van der Waals surface area contributed by atoms with E-state index in [4.69, 9.17) is 10.2 Å². The first-order valence-corrected chi connectivity index (χ1v) is 4.51. The molecule has 4 heteroatoms. The van der Waals surface area contributed by atoms with Gasteiger partial charge in [-0.15, -0.1) is 0 Å². The number of nitrogens with zero attached hydrogens (tertiary/aromatic N) is 1. The smallest absolute Gasteiger partial charge is 0.136 e. The topological polar surface area (TPSA) is 52.0 Å².